The first kappa shape index (κ1) is 18.4. The van der Waals surface area contributed by atoms with Crippen molar-refractivity contribution in [3.63, 3.8) is 0 Å². The molecular weight excluding hydrogens is 320 g/mol. The number of hydrogen-bond acceptors (Lipinski definition) is 4. The van der Waals surface area contributed by atoms with Gasteiger partial charge in [-0.15, -0.1) is 0 Å². The lowest BCUT2D eigenvalue weighted by Crippen LogP contribution is -2.13. The summed E-state index contributed by atoms with van der Waals surface area (Å²) < 4.78 is 5.62. The second-order valence-electron chi connectivity index (χ2n) is 5.74. The Kier molecular flexibility index (Phi) is 6.51. The van der Waals surface area contributed by atoms with Crippen molar-refractivity contribution in [2.24, 2.45) is 0 Å². The maximum atomic E-state index is 12.3. The second-order valence-corrected chi connectivity index (χ2v) is 5.74. The zero-order chi connectivity index (χ0) is 18.2. The highest BCUT2D eigenvalue weighted by molar-refractivity contribution is 6.04. The number of amides is 1. The molecule has 2 rings (SSSR count). The van der Waals surface area contributed by atoms with E-state index in [9.17, 15) is 14.9 Å². The van der Waals surface area contributed by atoms with Crippen LogP contribution in [0.15, 0.2) is 42.5 Å². The van der Waals surface area contributed by atoms with Gasteiger partial charge in [-0.2, -0.15) is 0 Å². The summed E-state index contributed by atoms with van der Waals surface area (Å²) in [6.45, 7) is 4.41. The average Bonchev–Trinajstić information content (AvgIpc) is 2.60. The number of nitrogens with one attached hydrogen (secondary N) is 1. The Bertz CT molecular complexity index is 742. The quantitative estimate of drug-likeness (QED) is 0.427. The highest BCUT2D eigenvalue weighted by Gasteiger charge is 2.15. The summed E-state index contributed by atoms with van der Waals surface area (Å²) >= 11 is 0. The number of carbonyl (C=O) groups is 1. The van der Waals surface area contributed by atoms with Crippen LogP contribution in [0.1, 0.15) is 42.1 Å². The van der Waals surface area contributed by atoms with E-state index in [0.717, 1.165) is 25.0 Å². The van der Waals surface area contributed by atoms with Crippen LogP contribution in [0.25, 0.3) is 0 Å². The van der Waals surface area contributed by atoms with E-state index >= 15 is 0 Å². The molecule has 0 fully saturated rings. The molecule has 0 heterocycles. The summed E-state index contributed by atoms with van der Waals surface area (Å²) in [6.07, 6.45) is 3.27. The number of unbranched alkanes of at least 4 members (excludes halogenated alkanes) is 2. The van der Waals surface area contributed by atoms with E-state index in [-0.39, 0.29) is 11.6 Å². The minimum Gasteiger partial charge on any atom is -0.494 e. The SMILES string of the molecule is CCCCCOc1ccc(C(=O)Nc2cccc([N+](=O)[O-])c2C)cc1. The Balaban J connectivity index is 2.02. The predicted molar refractivity (Wildman–Crippen MR) is 97.2 cm³/mol. The summed E-state index contributed by atoms with van der Waals surface area (Å²) in [5, 5.41) is 13.7. The molecule has 0 saturated carbocycles. The molecule has 6 nitrogen and oxygen atoms in total. The molecule has 0 spiro atoms. The number of nitro benzene ring substituents is 1. The second kappa shape index (κ2) is 8.82. The van der Waals surface area contributed by atoms with E-state index in [4.69, 9.17) is 4.74 Å². The normalized spacial score (nSPS) is 10.3. The van der Waals surface area contributed by atoms with Gasteiger partial charge in [-0.3, -0.25) is 14.9 Å². The number of benzene rings is 2. The van der Waals surface area contributed by atoms with Gasteiger partial charge in [-0.25, -0.2) is 0 Å². The average molecular weight is 342 g/mol. The van der Waals surface area contributed by atoms with Crippen molar-refractivity contribution in [3.8, 4) is 5.75 Å². The summed E-state index contributed by atoms with van der Waals surface area (Å²) in [5.74, 6) is 0.403. The highest BCUT2D eigenvalue weighted by Crippen LogP contribution is 2.25. The first-order chi connectivity index (χ1) is 12.0. The van der Waals surface area contributed by atoms with E-state index in [2.05, 4.69) is 12.2 Å². The van der Waals surface area contributed by atoms with E-state index in [1.165, 1.54) is 6.07 Å². The van der Waals surface area contributed by atoms with Crippen LogP contribution in [0, 0.1) is 17.0 Å². The molecule has 0 aromatic heterocycles. The predicted octanol–water partition coefficient (Wildman–Crippen LogP) is 4.72. The maximum absolute atomic E-state index is 12.3. The molecule has 0 atom stereocenters. The molecule has 1 amide bonds. The molecule has 0 aliphatic carbocycles. The summed E-state index contributed by atoms with van der Waals surface area (Å²) in [4.78, 5) is 22.8. The van der Waals surface area contributed by atoms with Gasteiger partial charge in [-0.1, -0.05) is 25.8 Å². The van der Waals surface area contributed by atoms with E-state index in [0.29, 0.717) is 23.4 Å². The van der Waals surface area contributed by atoms with Gasteiger partial charge in [0.15, 0.2) is 0 Å². The molecule has 132 valence electrons. The number of nitro groups is 1. The standard InChI is InChI=1S/C19H22N2O4/c1-3-4-5-13-25-16-11-9-15(10-12-16)19(22)20-17-7-6-8-18(14(17)2)21(23)24/h6-12H,3-5,13H2,1-2H3,(H,20,22). The van der Waals surface area contributed by atoms with Crippen LogP contribution in [0.3, 0.4) is 0 Å². The third-order valence-corrected chi connectivity index (χ3v) is 3.88. The third kappa shape index (κ3) is 5.04. The largest absolute Gasteiger partial charge is 0.494 e. The Morgan fingerprint density at radius 1 is 1.16 bits per heavy atom. The fourth-order valence-corrected chi connectivity index (χ4v) is 2.40. The van der Waals surface area contributed by atoms with Crippen molar-refractivity contribution in [1.29, 1.82) is 0 Å². The molecule has 0 saturated heterocycles. The first-order valence-electron chi connectivity index (χ1n) is 8.31. The Hall–Kier alpha value is -2.89. The molecule has 0 unspecified atom stereocenters. The molecular formula is C19H22N2O4. The van der Waals surface area contributed by atoms with Crippen LogP contribution < -0.4 is 10.1 Å². The molecule has 6 heteroatoms. The van der Waals surface area contributed by atoms with Crippen molar-refractivity contribution in [2.75, 3.05) is 11.9 Å². The van der Waals surface area contributed by atoms with Gasteiger partial charge in [0.1, 0.15) is 5.75 Å². The van der Waals surface area contributed by atoms with Crippen molar-refractivity contribution >= 4 is 17.3 Å². The van der Waals surface area contributed by atoms with Crippen LogP contribution >= 0.6 is 0 Å². The van der Waals surface area contributed by atoms with Crippen LogP contribution in [-0.2, 0) is 0 Å². The zero-order valence-electron chi connectivity index (χ0n) is 14.5. The monoisotopic (exact) mass is 342 g/mol. The molecule has 2 aromatic carbocycles. The minimum absolute atomic E-state index is 0.0198. The summed E-state index contributed by atoms with van der Waals surface area (Å²) in [5.41, 5.74) is 1.30. The topological polar surface area (TPSA) is 81.5 Å². The van der Waals surface area contributed by atoms with Crippen molar-refractivity contribution < 1.29 is 14.5 Å². The number of carbonyl (C=O) groups excluding carboxylic acids is 1. The van der Waals surface area contributed by atoms with Gasteiger partial charge >= 0.3 is 0 Å². The Morgan fingerprint density at radius 2 is 1.88 bits per heavy atom. The minimum atomic E-state index is -0.463. The molecule has 1 N–H and O–H groups in total. The van der Waals surface area contributed by atoms with Gasteiger partial charge in [0.2, 0.25) is 0 Å². The first-order valence-corrected chi connectivity index (χ1v) is 8.31. The Morgan fingerprint density at radius 3 is 2.52 bits per heavy atom. The van der Waals surface area contributed by atoms with E-state index < -0.39 is 4.92 Å². The van der Waals surface area contributed by atoms with Crippen molar-refractivity contribution in [1.82, 2.24) is 0 Å². The molecule has 0 aliphatic rings. The lowest BCUT2D eigenvalue weighted by molar-refractivity contribution is -0.385. The fourth-order valence-electron chi connectivity index (χ4n) is 2.40. The van der Waals surface area contributed by atoms with Gasteiger partial charge in [0, 0.05) is 11.6 Å². The molecule has 0 radical (unpaired) electrons. The van der Waals surface area contributed by atoms with Gasteiger partial charge in [0.05, 0.1) is 22.8 Å². The van der Waals surface area contributed by atoms with E-state index in [1.807, 2.05) is 0 Å². The molecule has 2 aromatic rings. The van der Waals surface area contributed by atoms with Crippen LogP contribution in [0.4, 0.5) is 11.4 Å². The van der Waals surface area contributed by atoms with Crippen LogP contribution in [0.2, 0.25) is 0 Å². The number of ether oxygens (including phenoxy) is 1. The van der Waals surface area contributed by atoms with Crippen LogP contribution in [0.5, 0.6) is 5.75 Å². The fraction of sp³-hybridized carbons (Fsp3) is 0.316. The smallest absolute Gasteiger partial charge is 0.274 e. The molecule has 0 aliphatic heterocycles. The number of hydrogen-bond donors (Lipinski definition) is 1. The van der Waals surface area contributed by atoms with Gasteiger partial charge < -0.3 is 10.1 Å². The van der Waals surface area contributed by atoms with Crippen molar-refractivity contribution in [2.45, 2.75) is 33.1 Å². The lowest BCUT2D eigenvalue weighted by Gasteiger charge is -2.10. The zero-order valence-corrected chi connectivity index (χ0v) is 14.5. The van der Waals surface area contributed by atoms with Crippen molar-refractivity contribution in [3.05, 3.63) is 63.7 Å². The molecule has 0 bridgehead atoms. The molecule has 25 heavy (non-hydrogen) atoms. The number of rotatable bonds is 8. The summed E-state index contributed by atoms with van der Waals surface area (Å²) in [7, 11) is 0. The Labute approximate surface area is 147 Å². The number of nitrogens with zero attached hydrogens (tertiary/aromatic N) is 1. The van der Waals surface area contributed by atoms with Gasteiger partial charge in [-0.05, 0) is 43.7 Å². The summed E-state index contributed by atoms with van der Waals surface area (Å²) in [6, 6.07) is 11.5. The lowest BCUT2D eigenvalue weighted by atomic mass is 10.1. The highest BCUT2D eigenvalue weighted by atomic mass is 16.6. The van der Waals surface area contributed by atoms with Gasteiger partial charge in [0.25, 0.3) is 11.6 Å². The number of anilines is 1. The van der Waals surface area contributed by atoms with Crippen LogP contribution in [-0.4, -0.2) is 17.4 Å². The van der Waals surface area contributed by atoms with E-state index in [1.54, 1.807) is 43.3 Å². The maximum Gasteiger partial charge on any atom is 0.274 e. The third-order valence-electron chi connectivity index (χ3n) is 3.88.